The molecule has 0 aliphatic heterocycles. The van der Waals surface area contributed by atoms with Crippen molar-refractivity contribution in [1.29, 1.82) is 0 Å². The topological polar surface area (TPSA) is 29.9 Å². The number of nitrogens with one attached hydrogen (secondary N) is 1. The van der Waals surface area contributed by atoms with Crippen LogP contribution in [0.4, 0.5) is 0 Å². The normalized spacial score (nSPS) is 20.3. The fourth-order valence-electron chi connectivity index (χ4n) is 2.83. The summed E-state index contributed by atoms with van der Waals surface area (Å²) in [5, 5.41) is 10.2. The molecular formula is C14H18ClN3S. The first kappa shape index (κ1) is 13.2. The van der Waals surface area contributed by atoms with Crippen molar-refractivity contribution in [2.45, 2.75) is 38.3 Å². The van der Waals surface area contributed by atoms with Crippen LogP contribution in [0, 0.1) is 0 Å². The largest absolute Gasteiger partial charge is 0.303 e. The third-order valence-corrected chi connectivity index (χ3v) is 5.02. The lowest BCUT2D eigenvalue weighted by Gasteiger charge is -2.27. The quantitative estimate of drug-likeness (QED) is 0.932. The number of rotatable bonds is 3. The number of fused-ring (bicyclic) bond motifs is 1. The summed E-state index contributed by atoms with van der Waals surface area (Å²) >= 11 is 7.60. The Balaban J connectivity index is 1.77. The van der Waals surface area contributed by atoms with Gasteiger partial charge in [0.1, 0.15) is 0 Å². The number of aryl methyl sites for hydroxylation is 1. The van der Waals surface area contributed by atoms with Crippen LogP contribution in [0.25, 0.3) is 0 Å². The van der Waals surface area contributed by atoms with Gasteiger partial charge in [0, 0.05) is 30.4 Å². The van der Waals surface area contributed by atoms with Crippen molar-refractivity contribution in [2.24, 2.45) is 7.05 Å². The SMILES string of the molecule is CC(NC1CCCc2c1cnn2C)c1csc(Cl)c1. The summed E-state index contributed by atoms with van der Waals surface area (Å²) in [7, 11) is 2.03. The van der Waals surface area contributed by atoms with Gasteiger partial charge in [-0.3, -0.25) is 4.68 Å². The molecule has 102 valence electrons. The summed E-state index contributed by atoms with van der Waals surface area (Å²) in [5.41, 5.74) is 4.01. The highest BCUT2D eigenvalue weighted by molar-refractivity contribution is 7.14. The van der Waals surface area contributed by atoms with Gasteiger partial charge in [0.15, 0.2) is 0 Å². The second-order valence-corrected chi connectivity index (χ2v) is 6.73. The molecule has 0 fully saturated rings. The molecule has 19 heavy (non-hydrogen) atoms. The summed E-state index contributed by atoms with van der Waals surface area (Å²) < 4.78 is 2.87. The van der Waals surface area contributed by atoms with E-state index in [4.69, 9.17) is 11.6 Å². The van der Waals surface area contributed by atoms with E-state index < -0.39 is 0 Å². The molecule has 3 rings (SSSR count). The predicted molar refractivity (Wildman–Crippen MR) is 79.8 cm³/mol. The fraction of sp³-hybridized carbons (Fsp3) is 0.500. The molecule has 5 heteroatoms. The van der Waals surface area contributed by atoms with Crippen molar-refractivity contribution >= 4 is 22.9 Å². The molecule has 0 radical (unpaired) electrons. The second kappa shape index (κ2) is 5.27. The summed E-state index contributed by atoms with van der Waals surface area (Å²) in [6.45, 7) is 2.20. The van der Waals surface area contributed by atoms with Crippen LogP contribution in [0.2, 0.25) is 4.34 Å². The van der Waals surface area contributed by atoms with Crippen molar-refractivity contribution in [3.63, 3.8) is 0 Å². The standard InChI is InChI=1S/C14H18ClN3S/c1-9(10-6-14(15)19-8-10)17-12-4-3-5-13-11(12)7-16-18(13)2/h6-9,12,17H,3-5H2,1-2H3. The average Bonchev–Trinajstić information content (AvgIpc) is 2.98. The van der Waals surface area contributed by atoms with Gasteiger partial charge < -0.3 is 5.32 Å². The van der Waals surface area contributed by atoms with Crippen LogP contribution in [0.1, 0.15) is 48.7 Å². The fourth-order valence-corrected chi connectivity index (χ4v) is 3.81. The van der Waals surface area contributed by atoms with Crippen LogP contribution in [0.15, 0.2) is 17.6 Å². The first-order valence-corrected chi connectivity index (χ1v) is 7.91. The molecule has 2 heterocycles. The van der Waals surface area contributed by atoms with Gasteiger partial charge in [-0.15, -0.1) is 11.3 Å². The van der Waals surface area contributed by atoms with Crippen molar-refractivity contribution in [3.8, 4) is 0 Å². The molecule has 0 bridgehead atoms. The van der Waals surface area contributed by atoms with Gasteiger partial charge in [0.05, 0.1) is 10.5 Å². The molecule has 1 aliphatic carbocycles. The molecule has 0 amide bonds. The predicted octanol–water partition coefficient (Wildman–Crippen LogP) is 3.86. The smallest absolute Gasteiger partial charge is 0.0931 e. The lowest BCUT2D eigenvalue weighted by atomic mass is 9.92. The van der Waals surface area contributed by atoms with Gasteiger partial charge in [0.2, 0.25) is 0 Å². The maximum absolute atomic E-state index is 6.01. The van der Waals surface area contributed by atoms with Gasteiger partial charge >= 0.3 is 0 Å². The zero-order valence-electron chi connectivity index (χ0n) is 11.2. The van der Waals surface area contributed by atoms with E-state index >= 15 is 0 Å². The molecule has 2 unspecified atom stereocenters. The lowest BCUT2D eigenvalue weighted by Crippen LogP contribution is -2.27. The number of hydrogen-bond donors (Lipinski definition) is 1. The highest BCUT2D eigenvalue weighted by Gasteiger charge is 2.24. The summed E-state index contributed by atoms with van der Waals surface area (Å²) in [4.78, 5) is 0. The summed E-state index contributed by atoms with van der Waals surface area (Å²) in [5.74, 6) is 0. The van der Waals surface area contributed by atoms with Crippen LogP contribution in [0.3, 0.4) is 0 Å². The zero-order valence-corrected chi connectivity index (χ0v) is 12.8. The Morgan fingerprint density at radius 1 is 1.58 bits per heavy atom. The van der Waals surface area contributed by atoms with Crippen LogP contribution >= 0.6 is 22.9 Å². The van der Waals surface area contributed by atoms with E-state index in [1.807, 2.05) is 17.9 Å². The Labute approximate surface area is 122 Å². The molecule has 2 atom stereocenters. The first-order valence-electron chi connectivity index (χ1n) is 6.66. The zero-order chi connectivity index (χ0) is 13.4. The monoisotopic (exact) mass is 295 g/mol. The van der Waals surface area contributed by atoms with E-state index in [1.165, 1.54) is 29.7 Å². The Hall–Kier alpha value is -0.840. The number of hydrogen-bond acceptors (Lipinski definition) is 3. The van der Waals surface area contributed by atoms with Crippen molar-refractivity contribution < 1.29 is 0 Å². The van der Waals surface area contributed by atoms with Gasteiger partial charge in [-0.1, -0.05) is 11.6 Å². The Bertz CT molecular complexity index is 575. The maximum atomic E-state index is 6.01. The van der Waals surface area contributed by atoms with Gasteiger partial charge in [-0.2, -0.15) is 5.10 Å². The highest BCUT2D eigenvalue weighted by Crippen LogP contribution is 2.32. The summed E-state index contributed by atoms with van der Waals surface area (Å²) in [6.07, 6.45) is 5.56. The van der Waals surface area contributed by atoms with Crippen LogP contribution in [0.5, 0.6) is 0 Å². The van der Waals surface area contributed by atoms with Gasteiger partial charge in [0.25, 0.3) is 0 Å². The first-order chi connectivity index (χ1) is 9.15. The minimum absolute atomic E-state index is 0.319. The third kappa shape index (κ3) is 2.57. The molecule has 3 nitrogen and oxygen atoms in total. The molecular weight excluding hydrogens is 278 g/mol. The minimum Gasteiger partial charge on any atom is -0.303 e. The van der Waals surface area contributed by atoms with Crippen LogP contribution in [-0.4, -0.2) is 9.78 Å². The second-order valence-electron chi connectivity index (χ2n) is 5.19. The van der Waals surface area contributed by atoms with Crippen molar-refractivity contribution in [2.75, 3.05) is 0 Å². The number of thiophene rings is 1. The molecule has 0 saturated heterocycles. The number of halogens is 1. The Morgan fingerprint density at radius 3 is 3.16 bits per heavy atom. The molecule has 2 aromatic rings. The lowest BCUT2D eigenvalue weighted by molar-refractivity contribution is 0.411. The van der Waals surface area contributed by atoms with E-state index in [9.17, 15) is 0 Å². The van der Waals surface area contributed by atoms with E-state index in [0.29, 0.717) is 12.1 Å². The van der Waals surface area contributed by atoms with E-state index in [0.717, 1.165) is 10.8 Å². The summed E-state index contributed by atoms with van der Waals surface area (Å²) in [6, 6.07) is 2.78. The Morgan fingerprint density at radius 2 is 2.42 bits per heavy atom. The molecule has 1 N–H and O–H groups in total. The molecule has 0 spiro atoms. The van der Waals surface area contributed by atoms with Crippen molar-refractivity contribution in [1.82, 2.24) is 15.1 Å². The minimum atomic E-state index is 0.319. The molecule has 2 aromatic heterocycles. The third-order valence-electron chi connectivity index (χ3n) is 3.91. The molecule has 0 saturated carbocycles. The van der Waals surface area contributed by atoms with Crippen LogP contribution < -0.4 is 5.32 Å². The maximum Gasteiger partial charge on any atom is 0.0931 e. The average molecular weight is 296 g/mol. The molecule has 1 aliphatic rings. The molecule has 0 aromatic carbocycles. The van der Waals surface area contributed by atoms with Gasteiger partial charge in [-0.25, -0.2) is 0 Å². The highest BCUT2D eigenvalue weighted by atomic mass is 35.5. The number of aromatic nitrogens is 2. The van der Waals surface area contributed by atoms with Crippen molar-refractivity contribution in [3.05, 3.63) is 38.8 Å². The van der Waals surface area contributed by atoms with E-state index in [-0.39, 0.29) is 0 Å². The number of nitrogens with zero attached hydrogens (tertiary/aromatic N) is 2. The Kier molecular flexibility index (Phi) is 3.65. The van der Waals surface area contributed by atoms with Gasteiger partial charge in [-0.05, 0) is 43.2 Å². The van der Waals surface area contributed by atoms with E-state index in [1.54, 1.807) is 11.3 Å². The van der Waals surface area contributed by atoms with E-state index in [2.05, 4.69) is 28.8 Å². The van der Waals surface area contributed by atoms with Crippen LogP contribution in [-0.2, 0) is 13.5 Å².